The zero-order chi connectivity index (χ0) is 12.3. The molecule has 1 N–H and O–H groups in total. The lowest BCUT2D eigenvalue weighted by Crippen LogP contribution is -1.99. The zero-order valence-corrected chi connectivity index (χ0v) is 11.0. The van der Waals surface area contributed by atoms with Gasteiger partial charge < -0.3 is 9.84 Å². The number of ether oxygens (including phenoxy) is 1. The summed E-state index contributed by atoms with van der Waals surface area (Å²) < 4.78 is 6.10. The highest BCUT2D eigenvalue weighted by atomic mass is 79.9. The van der Waals surface area contributed by atoms with E-state index in [4.69, 9.17) is 4.74 Å². The molecule has 0 aromatic heterocycles. The molecule has 0 aliphatic rings. The molecule has 0 radical (unpaired) electrons. The summed E-state index contributed by atoms with van der Waals surface area (Å²) in [5.74, 6) is 0.747. The van der Waals surface area contributed by atoms with Crippen molar-refractivity contribution in [3.8, 4) is 5.75 Å². The Bertz CT molecular complexity index is 511. The van der Waals surface area contributed by atoms with Crippen LogP contribution >= 0.6 is 15.9 Å². The largest absolute Gasteiger partial charge is 0.497 e. The van der Waals surface area contributed by atoms with E-state index >= 15 is 0 Å². The van der Waals surface area contributed by atoms with Gasteiger partial charge in [0.25, 0.3) is 0 Å². The van der Waals surface area contributed by atoms with Crippen LogP contribution in [-0.2, 0) is 0 Å². The van der Waals surface area contributed by atoms with Crippen molar-refractivity contribution in [1.29, 1.82) is 0 Å². The highest BCUT2D eigenvalue weighted by molar-refractivity contribution is 9.10. The average molecular weight is 293 g/mol. The van der Waals surface area contributed by atoms with Crippen LogP contribution in [0, 0.1) is 0 Å². The van der Waals surface area contributed by atoms with Crippen LogP contribution in [0.4, 0.5) is 0 Å². The highest BCUT2D eigenvalue weighted by Gasteiger charge is 2.11. The third-order valence-corrected chi connectivity index (χ3v) is 3.07. The Morgan fingerprint density at radius 3 is 2.35 bits per heavy atom. The molecule has 0 fully saturated rings. The van der Waals surface area contributed by atoms with Crippen LogP contribution in [0.25, 0.3) is 0 Å². The molecule has 0 aliphatic carbocycles. The fourth-order valence-electron chi connectivity index (χ4n) is 1.68. The molecular weight excluding hydrogens is 280 g/mol. The molecule has 2 nitrogen and oxygen atoms in total. The molecule has 2 aromatic carbocycles. The minimum atomic E-state index is -0.636. The quantitative estimate of drug-likeness (QED) is 0.938. The van der Waals surface area contributed by atoms with E-state index in [-0.39, 0.29) is 0 Å². The van der Waals surface area contributed by atoms with Crippen molar-refractivity contribution in [2.24, 2.45) is 0 Å². The average Bonchev–Trinajstić information content (AvgIpc) is 2.38. The molecule has 0 saturated carbocycles. The molecular formula is C14H13BrO2. The summed E-state index contributed by atoms with van der Waals surface area (Å²) in [4.78, 5) is 0. The van der Waals surface area contributed by atoms with Crippen LogP contribution in [-0.4, -0.2) is 12.2 Å². The van der Waals surface area contributed by atoms with Crippen molar-refractivity contribution in [3.05, 3.63) is 64.1 Å². The maximum absolute atomic E-state index is 10.3. The summed E-state index contributed by atoms with van der Waals surface area (Å²) >= 11 is 3.40. The van der Waals surface area contributed by atoms with Crippen LogP contribution < -0.4 is 4.74 Å². The van der Waals surface area contributed by atoms with Crippen LogP contribution in [0.2, 0.25) is 0 Å². The Kier molecular flexibility index (Phi) is 3.82. The minimum absolute atomic E-state index is 0.636. The van der Waals surface area contributed by atoms with Gasteiger partial charge in [-0.15, -0.1) is 0 Å². The van der Waals surface area contributed by atoms with Crippen LogP contribution in [0.5, 0.6) is 5.75 Å². The number of methoxy groups -OCH3 is 1. The van der Waals surface area contributed by atoms with E-state index in [0.717, 1.165) is 21.3 Å². The summed E-state index contributed by atoms with van der Waals surface area (Å²) in [7, 11) is 1.62. The first-order chi connectivity index (χ1) is 8.20. The van der Waals surface area contributed by atoms with E-state index in [1.54, 1.807) is 7.11 Å². The lowest BCUT2D eigenvalue weighted by Gasteiger charge is -2.12. The summed E-state index contributed by atoms with van der Waals surface area (Å²) in [5.41, 5.74) is 1.68. The Morgan fingerprint density at radius 1 is 1.06 bits per heavy atom. The SMILES string of the molecule is COc1cccc([C@H](O)c2cccc(Br)c2)c1. The third-order valence-electron chi connectivity index (χ3n) is 2.57. The number of aliphatic hydroxyl groups excluding tert-OH is 1. The number of hydrogen-bond acceptors (Lipinski definition) is 2. The minimum Gasteiger partial charge on any atom is -0.497 e. The molecule has 0 bridgehead atoms. The Labute approximate surface area is 109 Å². The molecule has 0 unspecified atom stereocenters. The number of halogens is 1. The van der Waals surface area contributed by atoms with Gasteiger partial charge in [0, 0.05) is 4.47 Å². The van der Waals surface area contributed by atoms with Gasteiger partial charge in [-0.2, -0.15) is 0 Å². The summed E-state index contributed by atoms with van der Waals surface area (Å²) in [6.45, 7) is 0. The van der Waals surface area contributed by atoms with E-state index in [1.165, 1.54) is 0 Å². The Morgan fingerprint density at radius 2 is 1.71 bits per heavy atom. The van der Waals surface area contributed by atoms with Gasteiger partial charge in [-0.25, -0.2) is 0 Å². The van der Waals surface area contributed by atoms with Crippen molar-refractivity contribution in [2.45, 2.75) is 6.10 Å². The molecule has 0 saturated heterocycles. The molecule has 1 atom stereocenters. The van der Waals surface area contributed by atoms with Crippen LogP contribution in [0.15, 0.2) is 53.0 Å². The van der Waals surface area contributed by atoms with Gasteiger partial charge in [0.1, 0.15) is 11.9 Å². The maximum Gasteiger partial charge on any atom is 0.119 e. The fourth-order valence-corrected chi connectivity index (χ4v) is 2.10. The van der Waals surface area contributed by atoms with Gasteiger partial charge in [0.05, 0.1) is 7.11 Å². The van der Waals surface area contributed by atoms with Gasteiger partial charge in [0.15, 0.2) is 0 Å². The van der Waals surface area contributed by atoms with E-state index in [9.17, 15) is 5.11 Å². The van der Waals surface area contributed by atoms with Gasteiger partial charge in [-0.05, 0) is 35.4 Å². The lowest BCUT2D eigenvalue weighted by molar-refractivity contribution is 0.219. The molecule has 3 heteroatoms. The third kappa shape index (κ3) is 2.87. The number of hydrogen-bond donors (Lipinski definition) is 1. The monoisotopic (exact) mass is 292 g/mol. The van der Waals surface area contributed by atoms with E-state index in [1.807, 2.05) is 48.5 Å². The predicted molar refractivity (Wildman–Crippen MR) is 71.2 cm³/mol. The number of rotatable bonds is 3. The Balaban J connectivity index is 2.33. The van der Waals surface area contributed by atoms with E-state index < -0.39 is 6.10 Å². The van der Waals surface area contributed by atoms with Gasteiger partial charge in [-0.3, -0.25) is 0 Å². The molecule has 88 valence electrons. The second-order valence-corrected chi connectivity index (χ2v) is 4.65. The van der Waals surface area contributed by atoms with E-state index in [2.05, 4.69) is 15.9 Å². The number of benzene rings is 2. The molecule has 0 spiro atoms. The van der Waals surface area contributed by atoms with Gasteiger partial charge >= 0.3 is 0 Å². The molecule has 0 amide bonds. The van der Waals surface area contributed by atoms with Crippen molar-refractivity contribution in [3.63, 3.8) is 0 Å². The normalized spacial score (nSPS) is 12.2. The number of aliphatic hydroxyl groups is 1. The smallest absolute Gasteiger partial charge is 0.119 e. The van der Waals surface area contributed by atoms with Gasteiger partial charge in [0.2, 0.25) is 0 Å². The second-order valence-electron chi connectivity index (χ2n) is 3.73. The molecule has 2 aromatic rings. The summed E-state index contributed by atoms with van der Waals surface area (Å²) in [6.07, 6.45) is -0.636. The zero-order valence-electron chi connectivity index (χ0n) is 9.43. The predicted octanol–water partition coefficient (Wildman–Crippen LogP) is 3.54. The van der Waals surface area contributed by atoms with Crippen molar-refractivity contribution in [1.82, 2.24) is 0 Å². The second kappa shape index (κ2) is 5.34. The summed E-state index contributed by atoms with van der Waals surface area (Å²) in [5, 5.41) is 10.3. The first-order valence-electron chi connectivity index (χ1n) is 5.28. The first-order valence-corrected chi connectivity index (χ1v) is 6.07. The topological polar surface area (TPSA) is 29.5 Å². The maximum atomic E-state index is 10.3. The Hall–Kier alpha value is -1.32. The van der Waals surface area contributed by atoms with Crippen molar-refractivity contribution < 1.29 is 9.84 Å². The summed E-state index contributed by atoms with van der Waals surface area (Å²) in [6, 6.07) is 15.1. The fraction of sp³-hybridized carbons (Fsp3) is 0.143. The standard InChI is InChI=1S/C14H13BrO2/c1-17-13-7-3-5-11(9-13)14(16)10-4-2-6-12(15)8-10/h2-9,14,16H,1H3/t14-/m1/s1. The van der Waals surface area contributed by atoms with Gasteiger partial charge in [-0.1, -0.05) is 40.2 Å². The molecule has 17 heavy (non-hydrogen) atoms. The van der Waals surface area contributed by atoms with Crippen LogP contribution in [0.3, 0.4) is 0 Å². The highest BCUT2D eigenvalue weighted by Crippen LogP contribution is 2.26. The van der Waals surface area contributed by atoms with Crippen LogP contribution in [0.1, 0.15) is 17.2 Å². The van der Waals surface area contributed by atoms with Crippen molar-refractivity contribution >= 4 is 15.9 Å². The molecule has 0 heterocycles. The lowest BCUT2D eigenvalue weighted by atomic mass is 10.0. The van der Waals surface area contributed by atoms with Crippen molar-refractivity contribution in [2.75, 3.05) is 7.11 Å². The van der Waals surface area contributed by atoms with E-state index in [0.29, 0.717) is 0 Å². The first kappa shape index (κ1) is 12.1. The molecule has 2 rings (SSSR count). The molecule has 0 aliphatic heterocycles.